The van der Waals surface area contributed by atoms with Crippen molar-refractivity contribution in [3.8, 4) is 5.75 Å². The summed E-state index contributed by atoms with van der Waals surface area (Å²) in [6, 6.07) is 6.65. The van der Waals surface area contributed by atoms with Crippen LogP contribution in [-0.2, 0) is 6.54 Å². The third-order valence-electron chi connectivity index (χ3n) is 4.48. The van der Waals surface area contributed by atoms with Crippen LogP contribution in [0.15, 0.2) is 45.8 Å². The Morgan fingerprint density at radius 3 is 3.00 bits per heavy atom. The summed E-state index contributed by atoms with van der Waals surface area (Å²) >= 11 is 0. The number of nitrogens with zero attached hydrogens (tertiary/aromatic N) is 1. The van der Waals surface area contributed by atoms with Gasteiger partial charge in [-0.05, 0) is 43.5 Å². The van der Waals surface area contributed by atoms with Gasteiger partial charge >= 0.3 is 6.03 Å². The molecule has 1 saturated heterocycles. The van der Waals surface area contributed by atoms with Crippen LogP contribution in [0.1, 0.15) is 18.6 Å². The number of carbonyl (C=O) groups is 1. The molecule has 1 aliphatic rings. The lowest BCUT2D eigenvalue weighted by molar-refractivity contribution is 0.154. The quantitative estimate of drug-likeness (QED) is 0.746. The highest BCUT2D eigenvalue weighted by Gasteiger charge is 2.21. The van der Waals surface area contributed by atoms with Crippen LogP contribution in [0.5, 0.6) is 5.75 Å². The highest BCUT2D eigenvalue weighted by molar-refractivity contribution is 5.89. The molecule has 7 nitrogen and oxygen atoms in total. The van der Waals surface area contributed by atoms with Crippen LogP contribution in [0.3, 0.4) is 0 Å². The molecule has 1 aliphatic heterocycles. The van der Waals surface area contributed by atoms with Crippen molar-refractivity contribution in [1.82, 2.24) is 10.2 Å². The zero-order valence-electron chi connectivity index (χ0n) is 14.8. The third kappa shape index (κ3) is 5.55. The van der Waals surface area contributed by atoms with E-state index in [2.05, 4.69) is 15.5 Å². The molecule has 3 rings (SSSR count). The Balaban J connectivity index is 1.47. The maximum absolute atomic E-state index is 13.1. The number of hydrogen-bond donors (Lipinski definition) is 3. The molecule has 2 amide bonds. The molecule has 3 N–H and O–H groups in total. The molecule has 27 heavy (non-hydrogen) atoms. The molecule has 1 aromatic heterocycles. The standard InChI is InChI=1S/C19H22FN3O4/c20-14-4-1-5-15(7-14)22-19(26)21-9-13-3-2-6-23(10-13)11-16-8-17(24)18(25)12-27-16/h1,4-5,7-8,12-13,25H,2-3,6,9-11H2,(H2,21,22,26). The number of aromatic hydroxyl groups is 1. The molecule has 2 aromatic rings. The number of rotatable bonds is 5. The van der Waals surface area contributed by atoms with Gasteiger partial charge in [-0.25, -0.2) is 9.18 Å². The molecule has 0 bridgehead atoms. The molecular formula is C19H22FN3O4. The van der Waals surface area contributed by atoms with Gasteiger partial charge in [0.05, 0.1) is 6.54 Å². The molecule has 0 radical (unpaired) electrons. The normalized spacial score (nSPS) is 17.4. The van der Waals surface area contributed by atoms with E-state index < -0.39 is 17.0 Å². The van der Waals surface area contributed by atoms with Gasteiger partial charge in [-0.1, -0.05) is 6.07 Å². The van der Waals surface area contributed by atoms with E-state index in [0.29, 0.717) is 24.5 Å². The number of benzene rings is 1. The van der Waals surface area contributed by atoms with Gasteiger partial charge < -0.3 is 20.2 Å². The Kier molecular flexibility index (Phi) is 6.08. The average Bonchev–Trinajstić information content (AvgIpc) is 2.63. The predicted molar refractivity (Wildman–Crippen MR) is 98.1 cm³/mol. The number of likely N-dealkylation sites (tertiary alicyclic amines) is 1. The van der Waals surface area contributed by atoms with E-state index in [4.69, 9.17) is 4.42 Å². The fraction of sp³-hybridized carbons (Fsp3) is 0.368. The first-order valence-electron chi connectivity index (χ1n) is 8.83. The third-order valence-corrected chi connectivity index (χ3v) is 4.48. The van der Waals surface area contributed by atoms with E-state index >= 15 is 0 Å². The van der Waals surface area contributed by atoms with E-state index in [1.807, 2.05) is 0 Å². The number of nitrogens with one attached hydrogen (secondary N) is 2. The Morgan fingerprint density at radius 2 is 2.22 bits per heavy atom. The first-order chi connectivity index (χ1) is 13.0. The molecule has 1 atom stereocenters. The number of anilines is 1. The fourth-order valence-corrected chi connectivity index (χ4v) is 3.19. The van der Waals surface area contributed by atoms with E-state index in [1.54, 1.807) is 6.07 Å². The van der Waals surface area contributed by atoms with Crippen LogP contribution >= 0.6 is 0 Å². The van der Waals surface area contributed by atoms with Gasteiger partial charge in [0.15, 0.2) is 5.75 Å². The summed E-state index contributed by atoms with van der Waals surface area (Å²) in [5.74, 6) is -0.0449. The lowest BCUT2D eigenvalue weighted by Gasteiger charge is -2.32. The van der Waals surface area contributed by atoms with Gasteiger partial charge in [-0.3, -0.25) is 9.69 Å². The van der Waals surface area contributed by atoms with Crippen molar-refractivity contribution in [1.29, 1.82) is 0 Å². The van der Waals surface area contributed by atoms with Crippen molar-refractivity contribution < 1.29 is 18.7 Å². The summed E-state index contributed by atoms with van der Waals surface area (Å²) in [4.78, 5) is 25.6. The van der Waals surface area contributed by atoms with Crippen molar-refractivity contribution in [3.63, 3.8) is 0 Å². The number of amides is 2. The molecule has 144 valence electrons. The first kappa shape index (κ1) is 18.9. The van der Waals surface area contributed by atoms with Crippen molar-refractivity contribution in [2.75, 3.05) is 25.0 Å². The lowest BCUT2D eigenvalue weighted by atomic mass is 9.98. The monoisotopic (exact) mass is 375 g/mol. The van der Waals surface area contributed by atoms with Crippen molar-refractivity contribution in [2.24, 2.45) is 5.92 Å². The maximum atomic E-state index is 13.1. The number of carbonyl (C=O) groups excluding carboxylic acids is 1. The van der Waals surface area contributed by atoms with Gasteiger partial charge in [-0.15, -0.1) is 0 Å². The molecule has 1 fully saturated rings. The van der Waals surface area contributed by atoms with Crippen LogP contribution in [0.4, 0.5) is 14.9 Å². The number of hydrogen-bond acceptors (Lipinski definition) is 5. The summed E-state index contributed by atoms with van der Waals surface area (Å²) in [6.45, 7) is 2.60. The first-order valence-corrected chi connectivity index (χ1v) is 8.83. The minimum absolute atomic E-state index is 0.265. The summed E-state index contributed by atoms with van der Waals surface area (Å²) < 4.78 is 18.4. The maximum Gasteiger partial charge on any atom is 0.319 e. The second kappa shape index (κ2) is 8.68. The van der Waals surface area contributed by atoms with Gasteiger partial charge in [-0.2, -0.15) is 0 Å². The van der Waals surface area contributed by atoms with Gasteiger partial charge in [0.25, 0.3) is 0 Å². The predicted octanol–water partition coefficient (Wildman–Crippen LogP) is 2.52. The smallest absolute Gasteiger partial charge is 0.319 e. The van der Waals surface area contributed by atoms with Gasteiger partial charge in [0, 0.05) is 24.8 Å². The van der Waals surface area contributed by atoms with E-state index in [1.165, 1.54) is 24.3 Å². The molecule has 0 saturated carbocycles. The van der Waals surface area contributed by atoms with E-state index in [0.717, 1.165) is 32.2 Å². The number of halogens is 1. The molecule has 0 aliphatic carbocycles. The van der Waals surface area contributed by atoms with Crippen molar-refractivity contribution >= 4 is 11.7 Å². The van der Waals surface area contributed by atoms with Crippen molar-refractivity contribution in [2.45, 2.75) is 19.4 Å². The van der Waals surface area contributed by atoms with E-state index in [-0.39, 0.29) is 11.9 Å². The van der Waals surface area contributed by atoms with Crippen LogP contribution in [0, 0.1) is 11.7 Å². The zero-order valence-corrected chi connectivity index (χ0v) is 14.8. The Bertz CT molecular complexity index is 855. The average molecular weight is 375 g/mol. The molecular weight excluding hydrogens is 353 g/mol. The molecule has 0 spiro atoms. The summed E-state index contributed by atoms with van der Waals surface area (Å²) in [6.07, 6.45) is 3.01. The topological polar surface area (TPSA) is 94.8 Å². The number of urea groups is 1. The van der Waals surface area contributed by atoms with Crippen molar-refractivity contribution in [3.05, 3.63) is 58.4 Å². The van der Waals surface area contributed by atoms with Crippen LogP contribution in [0.25, 0.3) is 0 Å². The largest absolute Gasteiger partial charge is 0.502 e. The highest BCUT2D eigenvalue weighted by Crippen LogP contribution is 2.18. The Morgan fingerprint density at radius 1 is 1.37 bits per heavy atom. The summed E-state index contributed by atoms with van der Waals surface area (Å²) in [5, 5.41) is 14.7. The molecule has 2 heterocycles. The minimum Gasteiger partial charge on any atom is -0.502 e. The Hall–Kier alpha value is -2.87. The second-order valence-electron chi connectivity index (χ2n) is 6.68. The SMILES string of the molecule is O=C(NCC1CCCN(Cc2cc(=O)c(O)co2)C1)Nc1cccc(F)c1. The molecule has 8 heteroatoms. The minimum atomic E-state index is -0.458. The molecule has 1 unspecified atom stereocenters. The number of piperidine rings is 1. The van der Waals surface area contributed by atoms with Crippen LogP contribution in [0.2, 0.25) is 0 Å². The highest BCUT2D eigenvalue weighted by atomic mass is 19.1. The summed E-state index contributed by atoms with van der Waals surface area (Å²) in [5.41, 5.74) is -0.0550. The van der Waals surface area contributed by atoms with Crippen LogP contribution in [-0.4, -0.2) is 35.7 Å². The second-order valence-corrected chi connectivity index (χ2v) is 6.68. The lowest BCUT2D eigenvalue weighted by Crippen LogP contribution is -2.41. The van der Waals surface area contributed by atoms with E-state index in [9.17, 15) is 19.1 Å². The van der Waals surface area contributed by atoms with Gasteiger partial charge in [0.2, 0.25) is 5.43 Å². The zero-order chi connectivity index (χ0) is 19.2. The summed E-state index contributed by atoms with van der Waals surface area (Å²) in [7, 11) is 0. The van der Waals surface area contributed by atoms with Crippen LogP contribution < -0.4 is 16.1 Å². The fourth-order valence-electron chi connectivity index (χ4n) is 3.19. The Labute approximate surface area is 155 Å². The molecule has 1 aromatic carbocycles. The van der Waals surface area contributed by atoms with Gasteiger partial charge in [0.1, 0.15) is 17.8 Å².